The summed E-state index contributed by atoms with van der Waals surface area (Å²) in [5, 5.41) is 7.41. The molecule has 0 unspecified atom stereocenters. The van der Waals surface area contributed by atoms with Crippen molar-refractivity contribution in [2.24, 2.45) is 10.1 Å². The summed E-state index contributed by atoms with van der Waals surface area (Å²) in [4.78, 5) is 5.15. The van der Waals surface area contributed by atoms with Gasteiger partial charge in [0.2, 0.25) is 4.80 Å². The maximum absolute atomic E-state index is 5.98. The van der Waals surface area contributed by atoms with E-state index in [-0.39, 0.29) is 0 Å². The molecule has 0 amide bonds. The molecule has 0 aliphatic rings. The van der Waals surface area contributed by atoms with E-state index in [9.17, 15) is 0 Å². The topological polar surface area (TPSA) is 29.6 Å². The molecular formula is C17H13ClIN3S. The van der Waals surface area contributed by atoms with Gasteiger partial charge in [0.15, 0.2) is 0 Å². The minimum absolute atomic E-state index is 0.721. The Morgan fingerprint density at radius 2 is 1.87 bits per heavy atom. The summed E-state index contributed by atoms with van der Waals surface area (Å²) in [6.07, 6.45) is 1.86. The molecule has 6 heteroatoms. The lowest BCUT2D eigenvalue weighted by atomic mass is 10.2. The fraction of sp³-hybridized carbons (Fsp3) is 0.0588. The molecular weight excluding hydrogens is 441 g/mol. The number of nitrogens with zero attached hydrogens (tertiary/aromatic N) is 3. The largest absolute Gasteiger partial charge is 0.261 e. The first kappa shape index (κ1) is 16.4. The van der Waals surface area contributed by atoms with Gasteiger partial charge < -0.3 is 0 Å². The minimum atomic E-state index is 0.721. The van der Waals surface area contributed by atoms with E-state index in [2.05, 4.69) is 44.1 Å². The highest BCUT2D eigenvalue weighted by atomic mass is 127. The first-order valence-electron chi connectivity index (χ1n) is 6.87. The van der Waals surface area contributed by atoms with E-state index >= 15 is 0 Å². The number of thiazole rings is 1. The fourth-order valence-corrected chi connectivity index (χ4v) is 3.54. The zero-order valence-corrected chi connectivity index (χ0v) is 16.0. The Bertz CT molecular complexity index is 910. The van der Waals surface area contributed by atoms with Crippen molar-refractivity contribution in [3.05, 3.63) is 72.9 Å². The van der Waals surface area contributed by atoms with Crippen molar-refractivity contribution in [3.63, 3.8) is 0 Å². The molecule has 1 heterocycles. The Labute approximate surface area is 157 Å². The maximum atomic E-state index is 5.98. The zero-order chi connectivity index (χ0) is 16.2. The highest BCUT2D eigenvalue weighted by molar-refractivity contribution is 14.1. The molecule has 23 heavy (non-hydrogen) atoms. The predicted molar refractivity (Wildman–Crippen MR) is 106 cm³/mol. The summed E-state index contributed by atoms with van der Waals surface area (Å²) in [5.74, 6) is 0. The quantitative estimate of drug-likeness (QED) is 0.399. The van der Waals surface area contributed by atoms with E-state index < -0.39 is 0 Å². The second-order valence-electron chi connectivity index (χ2n) is 4.71. The smallest absolute Gasteiger partial charge is 0.205 e. The summed E-state index contributed by atoms with van der Waals surface area (Å²) >= 11 is 9.85. The van der Waals surface area contributed by atoms with Gasteiger partial charge >= 0.3 is 0 Å². The van der Waals surface area contributed by atoms with Crippen molar-refractivity contribution in [3.8, 4) is 11.3 Å². The number of benzene rings is 2. The van der Waals surface area contributed by atoms with Crippen molar-refractivity contribution >= 4 is 51.7 Å². The molecule has 0 spiro atoms. The normalized spacial score (nSPS) is 12.2. The SMILES string of the molecule is CN=c1scc(-c2ccc(Cl)cc2)n1/N=C\c1ccccc1I. The lowest BCUT2D eigenvalue weighted by Crippen LogP contribution is -2.11. The van der Waals surface area contributed by atoms with Crippen molar-refractivity contribution in [2.75, 3.05) is 7.05 Å². The summed E-state index contributed by atoms with van der Waals surface area (Å²) in [6, 6.07) is 15.9. The second kappa shape index (κ2) is 7.42. The third-order valence-corrected chi connectivity index (χ3v) is 5.38. The van der Waals surface area contributed by atoms with Crippen LogP contribution in [-0.4, -0.2) is 17.9 Å². The molecule has 0 radical (unpaired) electrons. The number of hydrogen-bond donors (Lipinski definition) is 0. The molecule has 3 rings (SSSR count). The van der Waals surface area contributed by atoms with E-state index in [1.165, 1.54) is 0 Å². The molecule has 3 nitrogen and oxygen atoms in total. The number of rotatable bonds is 3. The van der Waals surface area contributed by atoms with Crippen LogP contribution in [0.3, 0.4) is 0 Å². The van der Waals surface area contributed by atoms with Crippen molar-refractivity contribution < 1.29 is 0 Å². The molecule has 2 aromatic carbocycles. The molecule has 3 aromatic rings. The van der Waals surface area contributed by atoms with Crippen molar-refractivity contribution in [1.82, 2.24) is 4.68 Å². The second-order valence-corrected chi connectivity index (χ2v) is 7.15. The van der Waals surface area contributed by atoms with Crippen LogP contribution in [0.15, 0.2) is 64.0 Å². The summed E-state index contributed by atoms with van der Waals surface area (Å²) < 4.78 is 3.02. The van der Waals surface area contributed by atoms with Crippen LogP contribution in [0, 0.1) is 3.57 Å². The van der Waals surface area contributed by atoms with Crippen LogP contribution in [0.25, 0.3) is 11.3 Å². The van der Waals surface area contributed by atoms with Crippen molar-refractivity contribution in [2.45, 2.75) is 0 Å². The van der Waals surface area contributed by atoms with Crippen LogP contribution in [0.4, 0.5) is 0 Å². The van der Waals surface area contributed by atoms with E-state index in [0.29, 0.717) is 0 Å². The Morgan fingerprint density at radius 3 is 2.57 bits per heavy atom. The molecule has 0 aliphatic heterocycles. The highest BCUT2D eigenvalue weighted by Gasteiger charge is 2.07. The standard InChI is InChI=1S/C17H13ClIN3S/c1-20-17-22(21-10-13-4-2-3-5-15(13)19)16(11-23-17)12-6-8-14(18)9-7-12/h2-11H,1H3/b20-17?,21-10-. The van der Waals surface area contributed by atoms with Crippen LogP contribution in [0.1, 0.15) is 5.56 Å². The van der Waals surface area contributed by atoms with E-state index in [4.69, 9.17) is 11.6 Å². The van der Waals surface area contributed by atoms with Gasteiger partial charge in [0.05, 0.1) is 11.9 Å². The molecule has 0 N–H and O–H groups in total. The van der Waals surface area contributed by atoms with Crippen LogP contribution < -0.4 is 4.80 Å². The van der Waals surface area contributed by atoms with Crippen molar-refractivity contribution in [1.29, 1.82) is 0 Å². The zero-order valence-electron chi connectivity index (χ0n) is 12.3. The van der Waals surface area contributed by atoms with Crippen LogP contribution in [0.2, 0.25) is 5.02 Å². The fourth-order valence-electron chi connectivity index (χ4n) is 2.08. The minimum Gasteiger partial charge on any atom is -0.261 e. The molecule has 0 atom stereocenters. The lowest BCUT2D eigenvalue weighted by molar-refractivity contribution is 0.848. The van der Waals surface area contributed by atoms with Gasteiger partial charge in [-0.25, -0.2) is 4.68 Å². The number of aromatic nitrogens is 1. The third kappa shape index (κ3) is 3.73. The van der Waals surface area contributed by atoms with E-state index in [1.54, 1.807) is 18.4 Å². The predicted octanol–water partition coefficient (Wildman–Crippen LogP) is 4.89. The third-order valence-electron chi connectivity index (χ3n) is 3.23. The van der Waals surface area contributed by atoms with Crippen LogP contribution in [0.5, 0.6) is 0 Å². The monoisotopic (exact) mass is 453 g/mol. The van der Waals surface area contributed by atoms with E-state index in [1.807, 2.05) is 53.4 Å². The highest BCUT2D eigenvalue weighted by Crippen LogP contribution is 2.22. The Balaban J connectivity index is 2.06. The molecule has 0 bridgehead atoms. The van der Waals surface area contributed by atoms with Gasteiger partial charge in [0.1, 0.15) is 0 Å². The molecule has 0 fully saturated rings. The first-order valence-corrected chi connectivity index (χ1v) is 9.21. The lowest BCUT2D eigenvalue weighted by Gasteiger charge is -2.04. The number of halogens is 2. The van der Waals surface area contributed by atoms with Crippen LogP contribution >= 0.6 is 45.5 Å². The van der Waals surface area contributed by atoms with Gasteiger partial charge in [-0.15, -0.1) is 11.3 Å². The summed E-state index contributed by atoms with van der Waals surface area (Å²) in [5.41, 5.74) is 3.13. The molecule has 0 saturated heterocycles. The molecule has 116 valence electrons. The average molecular weight is 454 g/mol. The van der Waals surface area contributed by atoms with Gasteiger partial charge in [-0.1, -0.05) is 41.9 Å². The van der Waals surface area contributed by atoms with Gasteiger partial charge in [-0.2, -0.15) is 5.10 Å². The Morgan fingerprint density at radius 1 is 1.13 bits per heavy atom. The number of hydrogen-bond acceptors (Lipinski definition) is 3. The Hall–Kier alpha value is -1.44. The molecule has 0 aliphatic carbocycles. The maximum Gasteiger partial charge on any atom is 0.205 e. The van der Waals surface area contributed by atoms with E-state index in [0.717, 1.165) is 30.2 Å². The van der Waals surface area contributed by atoms with Crippen LogP contribution in [-0.2, 0) is 0 Å². The van der Waals surface area contributed by atoms with Gasteiger partial charge in [-0.05, 0) is 40.8 Å². The molecule has 1 aromatic heterocycles. The van der Waals surface area contributed by atoms with Gasteiger partial charge in [0.25, 0.3) is 0 Å². The summed E-state index contributed by atoms with van der Waals surface area (Å²) in [7, 11) is 1.77. The average Bonchev–Trinajstić information content (AvgIpc) is 2.98. The van der Waals surface area contributed by atoms with Gasteiger partial charge in [-0.3, -0.25) is 4.99 Å². The summed E-state index contributed by atoms with van der Waals surface area (Å²) in [6.45, 7) is 0. The van der Waals surface area contributed by atoms with Gasteiger partial charge in [0, 0.05) is 32.1 Å². The molecule has 0 saturated carbocycles. The Kier molecular flexibility index (Phi) is 5.30. The first-order chi connectivity index (χ1) is 11.2.